The average Bonchev–Trinajstić information content (AvgIpc) is 2.77. The van der Waals surface area contributed by atoms with Gasteiger partial charge in [-0.15, -0.1) is 0 Å². The molecule has 2 N–H and O–H groups in total. The number of hydrogen-bond acceptors (Lipinski definition) is 3. The molecule has 1 aromatic heterocycles. The molecule has 1 aliphatic rings. The minimum absolute atomic E-state index is 0.376. The maximum Gasteiger partial charge on any atom is 0.130 e. The van der Waals surface area contributed by atoms with Gasteiger partial charge in [-0.1, -0.05) is 18.2 Å². The second kappa shape index (κ2) is 5.05. The fourth-order valence-corrected chi connectivity index (χ4v) is 2.64. The van der Waals surface area contributed by atoms with E-state index in [0.29, 0.717) is 5.92 Å². The minimum atomic E-state index is 0.376. The number of anilines is 1. The van der Waals surface area contributed by atoms with Gasteiger partial charge in [0.15, 0.2) is 0 Å². The molecule has 3 rings (SSSR count). The Morgan fingerprint density at radius 2 is 2.11 bits per heavy atom. The van der Waals surface area contributed by atoms with E-state index in [-0.39, 0.29) is 0 Å². The monoisotopic (exact) mass is 257 g/mol. The number of hydrogen-bond donors (Lipinski definition) is 1. The van der Waals surface area contributed by atoms with Crippen molar-refractivity contribution in [2.45, 2.75) is 25.7 Å². The molecule has 0 radical (unpaired) electrons. The number of benzene rings is 1. The largest absolute Gasteiger partial charge is 0.383 e. The van der Waals surface area contributed by atoms with Crippen molar-refractivity contribution in [1.82, 2.24) is 9.78 Å². The topological polar surface area (TPSA) is 53.1 Å². The Kier molecular flexibility index (Phi) is 3.25. The second-order valence-electron chi connectivity index (χ2n) is 5.06. The van der Waals surface area contributed by atoms with E-state index in [2.05, 4.69) is 0 Å². The van der Waals surface area contributed by atoms with Crippen LogP contribution < -0.4 is 5.73 Å². The Hall–Kier alpha value is -1.81. The Morgan fingerprint density at radius 3 is 2.79 bits per heavy atom. The number of aromatic nitrogens is 2. The first-order valence-corrected chi connectivity index (χ1v) is 6.75. The summed E-state index contributed by atoms with van der Waals surface area (Å²) in [5.74, 6) is 1.10. The summed E-state index contributed by atoms with van der Waals surface area (Å²) in [6.45, 7) is 3.67. The highest BCUT2D eigenvalue weighted by molar-refractivity contribution is 5.50. The fraction of sp³-hybridized carbons (Fsp3) is 0.400. The van der Waals surface area contributed by atoms with Crippen LogP contribution in [0.3, 0.4) is 0 Å². The summed E-state index contributed by atoms with van der Waals surface area (Å²) in [5, 5.41) is 4.71. The van der Waals surface area contributed by atoms with Crippen LogP contribution in [0.2, 0.25) is 0 Å². The van der Waals surface area contributed by atoms with Crippen LogP contribution in [-0.4, -0.2) is 23.0 Å². The van der Waals surface area contributed by atoms with Crippen molar-refractivity contribution < 1.29 is 4.74 Å². The van der Waals surface area contributed by atoms with E-state index in [1.54, 1.807) is 0 Å². The highest BCUT2D eigenvalue weighted by atomic mass is 16.5. The lowest BCUT2D eigenvalue weighted by atomic mass is 9.96. The normalized spacial score (nSPS) is 19.5. The van der Waals surface area contributed by atoms with Gasteiger partial charge < -0.3 is 10.5 Å². The Bertz CT molecular complexity index is 556. The van der Waals surface area contributed by atoms with Gasteiger partial charge in [0.1, 0.15) is 5.82 Å². The predicted molar refractivity (Wildman–Crippen MR) is 75.5 cm³/mol. The van der Waals surface area contributed by atoms with Crippen LogP contribution >= 0.6 is 0 Å². The Labute approximate surface area is 113 Å². The number of nitrogens with two attached hydrogens (primary N) is 1. The van der Waals surface area contributed by atoms with Crippen molar-refractivity contribution in [2.75, 3.05) is 18.9 Å². The van der Waals surface area contributed by atoms with Gasteiger partial charge in [-0.05, 0) is 31.9 Å². The standard InChI is InChI=1S/C15H19N3O/c1-11-14(12-6-5-9-19-10-12)17-18(15(11)16)13-7-3-2-4-8-13/h2-4,7-8,12H,5-6,9-10,16H2,1H3. The van der Waals surface area contributed by atoms with Crippen molar-refractivity contribution in [1.29, 1.82) is 0 Å². The van der Waals surface area contributed by atoms with Gasteiger partial charge >= 0.3 is 0 Å². The number of nitrogen functional groups attached to an aromatic ring is 1. The molecule has 2 aromatic rings. The maximum atomic E-state index is 6.20. The molecule has 2 heterocycles. The number of rotatable bonds is 2. The van der Waals surface area contributed by atoms with Crippen molar-refractivity contribution in [3.8, 4) is 5.69 Å². The third kappa shape index (κ3) is 2.24. The molecule has 1 aliphatic heterocycles. The lowest BCUT2D eigenvalue weighted by Gasteiger charge is -2.20. The van der Waals surface area contributed by atoms with E-state index < -0.39 is 0 Å². The molecule has 19 heavy (non-hydrogen) atoms. The zero-order valence-corrected chi connectivity index (χ0v) is 11.2. The molecular formula is C15H19N3O. The second-order valence-corrected chi connectivity index (χ2v) is 5.06. The van der Waals surface area contributed by atoms with Crippen LogP contribution in [0.4, 0.5) is 5.82 Å². The zero-order chi connectivity index (χ0) is 13.2. The summed E-state index contributed by atoms with van der Waals surface area (Å²) in [4.78, 5) is 0. The molecular weight excluding hydrogens is 238 g/mol. The molecule has 0 bridgehead atoms. The van der Waals surface area contributed by atoms with Crippen molar-refractivity contribution in [3.63, 3.8) is 0 Å². The summed E-state index contributed by atoms with van der Waals surface area (Å²) in [6.07, 6.45) is 2.23. The zero-order valence-electron chi connectivity index (χ0n) is 11.2. The van der Waals surface area contributed by atoms with Gasteiger partial charge in [-0.3, -0.25) is 0 Å². The van der Waals surface area contributed by atoms with Gasteiger partial charge in [0.25, 0.3) is 0 Å². The lowest BCUT2D eigenvalue weighted by molar-refractivity contribution is 0.0790. The molecule has 1 unspecified atom stereocenters. The van der Waals surface area contributed by atoms with E-state index in [1.807, 2.05) is 41.9 Å². The SMILES string of the molecule is Cc1c(C2CCCOC2)nn(-c2ccccc2)c1N. The molecule has 4 heteroatoms. The molecule has 4 nitrogen and oxygen atoms in total. The quantitative estimate of drug-likeness (QED) is 0.899. The number of ether oxygens (including phenoxy) is 1. The highest BCUT2D eigenvalue weighted by Crippen LogP contribution is 2.30. The van der Waals surface area contributed by atoms with Crippen LogP contribution in [0, 0.1) is 6.92 Å². The minimum Gasteiger partial charge on any atom is -0.383 e. The molecule has 0 spiro atoms. The van der Waals surface area contributed by atoms with Crippen molar-refractivity contribution >= 4 is 5.82 Å². The lowest BCUT2D eigenvalue weighted by Crippen LogP contribution is -2.16. The van der Waals surface area contributed by atoms with E-state index in [9.17, 15) is 0 Å². The smallest absolute Gasteiger partial charge is 0.130 e. The van der Waals surface area contributed by atoms with Crippen molar-refractivity contribution in [2.24, 2.45) is 0 Å². The van der Waals surface area contributed by atoms with Gasteiger partial charge in [-0.2, -0.15) is 5.10 Å². The first kappa shape index (κ1) is 12.2. The molecule has 1 fully saturated rings. The predicted octanol–water partition coefficient (Wildman–Crippen LogP) is 2.66. The van der Waals surface area contributed by atoms with Crippen LogP contribution in [0.5, 0.6) is 0 Å². The third-order valence-corrected chi connectivity index (χ3v) is 3.75. The van der Waals surface area contributed by atoms with Gasteiger partial charge in [0, 0.05) is 18.1 Å². The summed E-state index contributed by atoms with van der Waals surface area (Å²) < 4.78 is 7.39. The van der Waals surface area contributed by atoms with E-state index in [4.69, 9.17) is 15.6 Å². The van der Waals surface area contributed by atoms with Crippen LogP contribution in [0.1, 0.15) is 30.0 Å². The van der Waals surface area contributed by atoms with Gasteiger partial charge in [-0.25, -0.2) is 4.68 Å². The van der Waals surface area contributed by atoms with Gasteiger partial charge in [0.05, 0.1) is 18.0 Å². The molecule has 1 saturated heterocycles. The summed E-state index contributed by atoms with van der Waals surface area (Å²) in [7, 11) is 0. The van der Waals surface area contributed by atoms with E-state index in [0.717, 1.165) is 48.8 Å². The number of nitrogens with zero attached hydrogens (tertiary/aromatic N) is 2. The van der Waals surface area contributed by atoms with Crippen LogP contribution in [0.25, 0.3) is 5.69 Å². The fourth-order valence-electron chi connectivity index (χ4n) is 2.64. The van der Waals surface area contributed by atoms with Crippen molar-refractivity contribution in [3.05, 3.63) is 41.6 Å². The summed E-state index contributed by atoms with van der Waals surface area (Å²) >= 11 is 0. The maximum absolute atomic E-state index is 6.20. The molecule has 0 aliphatic carbocycles. The molecule has 1 atom stereocenters. The third-order valence-electron chi connectivity index (χ3n) is 3.75. The summed E-state index contributed by atoms with van der Waals surface area (Å²) in [5.41, 5.74) is 9.37. The number of para-hydroxylation sites is 1. The molecule has 100 valence electrons. The van der Waals surface area contributed by atoms with Gasteiger partial charge in [0.2, 0.25) is 0 Å². The average molecular weight is 257 g/mol. The molecule has 0 saturated carbocycles. The van der Waals surface area contributed by atoms with E-state index >= 15 is 0 Å². The summed E-state index contributed by atoms with van der Waals surface area (Å²) in [6, 6.07) is 10.0. The van der Waals surface area contributed by atoms with Crippen LogP contribution in [0.15, 0.2) is 30.3 Å². The Morgan fingerprint density at radius 1 is 1.32 bits per heavy atom. The highest BCUT2D eigenvalue weighted by Gasteiger charge is 2.23. The Balaban J connectivity index is 1.99. The van der Waals surface area contributed by atoms with E-state index in [1.165, 1.54) is 0 Å². The molecule has 0 amide bonds. The first-order valence-electron chi connectivity index (χ1n) is 6.75. The first-order chi connectivity index (χ1) is 9.27. The molecule has 1 aromatic carbocycles. The van der Waals surface area contributed by atoms with Crippen LogP contribution in [-0.2, 0) is 4.74 Å².